The molecular formula is C15H15ClN2O4. The fourth-order valence-corrected chi connectivity index (χ4v) is 2.10. The number of hydrogen-bond donors (Lipinski definition) is 2. The third-order valence-corrected chi connectivity index (χ3v) is 3.17. The van der Waals surface area contributed by atoms with Gasteiger partial charge in [-0.2, -0.15) is 0 Å². The fraction of sp³-hybridized carbons (Fsp3) is 0.200. The van der Waals surface area contributed by atoms with Crippen LogP contribution >= 0.6 is 11.6 Å². The second kappa shape index (κ2) is 7.63. The Morgan fingerprint density at radius 2 is 1.95 bits per heavy atom. The predicted octanol–water partition coefficient (Wildman–Crippen LogP) is 3.23. The van der Waals surface area contributed by atoms with Gasteiger partial charge in [0.25, 0.3) is 5.69 Å². The number of rotatable bonds is 7. The summed E-state index contributed by atoms with van der Waals surface area (Å²) in [7, 11) is 0. The average Bonchev–Trinajstić information content (AvgIpc) is 2.51. The van der Waals surface area contributed by atoms with E-state index in [1.165, 1.54) is 12.1 Å². The second-order valence-corrected chi connectivity index (χ2v) is 4.92. The van der Waals surface area contributed by atoms with E-state index in [0.29, 0.717) is 16.3 Å². The minimum Gasteiger partial charge on any atom is -0.491 e. The molecule has 0 spiro atoms. The zero-order valence-corrected chi connectivity index (χ0v) is 12.4. The second-order valence-electron chi connectivity index (χ2n) is 4.48. The molecule has 6 nitrogen and oxygen atoms in total. The van der Waals surface area contributed by atoms with Gasteiger partial charge in [0.1, 0.15) is 12.4 Å². The Balaban J connectivity index is 2.03. The summed E-state index contributed by atoms with van der Waals surface area (Å²) in [6.45, 7) is 0.480. The molecule has 22 heavy (non-hydrogen) atoms. The highest BCUT2D eigenvalue weighted by atomic mass is 35.5. The summed E-state index contributed by atoms with van der Waals surface area (Å²) in [4.78, 5) is 10.6. The molecule has 0 unspecified atom stereocenters. The van der Waals surface area contributed by atoms with Crippen molar-refractivity contribution in [2.75, 3.05) is 18.5 Å². The van der Waals surface area contributed by atoms with Crippen LogP contribution in [-0.4, -0.2) is 23.2 Å². The molecule has 2 rings (SSSR count). The molecule has 7 heteroatoms. The summed E-state index contributed by atoms with van der Waals surface area (Å²) in [6.07, 6.45) is 0. The molecule has 0 bridgehead atoms. The lowest BCUT2D eigenvalue weighted by atomic mass is 10.1. The van der Waals surface area contributed by atoms with Crippen molar-refractivity contribution >= 4 is 23.0 Å². The number of nitrogens with zero attached hydrogens (tertiary/aromatic N) is 1. The number of nitro groups is 1. The SMILES string of the molecule is O=[N+]([O-])c1ccc(Cl)cc1CNc1ccc(OCCO)cc1. The molecule has 0 fully saturated rings. The van der Waals surface area contributed by atoms with Gasteiger partial charge in [0.2, 0.25) is 0 Å². The van der Waals surface area contributed by atoms with Crippen LogP contribution in [0.2, 0.25) is 5.02 Å². The molecule has 0 aliphatic rings. The largest absolute Gasteiger partial charge is 0.491 e. The van der Waals surface area contributed by atoms with Crippen LogP contribution in [0.5, 0.6) is 5.75 Å². The van der Waals surface area contributed by atoms with Crippen molar-refractivity contribution < 1.29 is 14.8 Å². The Morgan fingerprint density at radius 3 is 2.59 bits per heavy atom. The Hall–Kier alpha value is -2.31. The predicted molar refractivity (Wildman–Crippen MR) is 84.5 cm³/mol. The number of nitro benzene ring substituents is 1. The van der Waals surface area contributed by atoms with Crippen LogP contribution in [0, 0.1) is 10.1 Å². The number of hydrogen-bond acceptors (Lipinski definition) is 5. The maximum absolute atomic E-state index is 11.0. The van der Waals surface area contributed by atoms with Crippen molar-refractivity contribution in [1.29, 1.82) is 0 Å². The maximum atomic E-state index is 11.0. The molecule has 116 valence electrons. The summed E-state index contributed by atoms with van der Waals surface area (Å²) in [6, 6.07) is 11.6. The van der Waals surface area contributed by atoms with Crippen molar-refractivity contribution in [3.8, 4) is 5.75 Å². The summed E-state index contributed by atoms with van der Waals surface area (Å²) >= 11 is 5.89. The van der Waals surface area contributed by atoms with Crippen molar-refractivity contribution in [2.24, 2.45) is 0 Å². The van der Waals surface area contributed by atoms with Gasteiger partial charge >= 0.3 is 0 Å². The monoisotopic (exact) mass is 322 g/mol. The first-order valence-electron chi connectivity index (χ1n) is 6.60. The summed E-state index contributed by atoms with van der Waals surface area (Å²) in [5.74, 6) is 0.647. The molecule has 0 saturated carbocycles. The van der Waals surface area contributed by atoms with Crippen LogP contribution in [-0.2, 0) is 6.54 Å². The van der Waals surface area contributed by atoms with Crippen LogP contribution in [0.4, 0.5) is 11.4 Å². The minimum absolute atomic E-state index is 0.0276. The smallest absolute Gasteiger partial charge is 0.274 e. The van der Waals surface area contributed by atoms with Gasteiger partial charge in [0.15, 0.2) is 0 Å². The molecule has 2 aromatic carbocycles. The molecule has 0 amide bonds. The van der Waals surface area contributed by atoms with E-state index in [1.807, 2.05) is 0 Å². The van der Waals surface area contributed by atoms with Crippen molar-refractivity contribution in [2.45, 2.75) is 6.54 Å². The Kier molecular flexibility index (Phi) is 5.57. The van der Waals surface area contributed by atoms with Crippen LogP contribution in [0.15, 0.2) is 42.5 Å². The number of nitrogens with one attached hydrogen (secondary N) is 1. The third-order valence-electron chi connectivity index (χ3n) is 2.94. The van der Waals surface area contributed by atoms with E-state index < -0.39 is 4.92 Å². The first kappa shape index (κ1) is 16.1. The molecule has 2 N–H and O–H groups in total. The highest BCUT2D eigenvalue weighted by Crippen LogP contribution is 2.24. The van der Waals surface area contributed by atoms with Crippen molar-refractivity contribution in [3.05, 3.63) is 63.2 Å². The molecule has 0 saturated heterocycles. The average molecular weight is 323 g/mol. The Morgan fingerprint density at radius 1 is 1.23 bits per heavy atom. The van der Waals surface area contributed by atoms with E-state index in [1.54, 1.807) is 30.3 Å². The van der Waals surface area contributed by atoms with E-state index >= 15 is 0 Å². The van der Waals surface area contributed by atoms with E-state index in [4.69, 9.17) is 21.4 Å². The Labute approximate surface area is 132 Å². The summed E-state index contributed by atoms with van der Waals surface area (Å²) in [5.41, 5.74) is 1.34. The lowest BCUT2D eigenvalue weighted by Crippen LogP contribution is -2.04. The first-order valence-corrected chi connectivity index (χ1v) is 6.98. The van der Waals surface area contributed by atoms with Gasteiger partial charge in [-0.3, -0.25) is 10.1 Å². The van der Waals surface area contributed by atoms with Gasteiger partial charge in [-0.05, 0) is 36.4 Å². The number of aliphatic hydroxyl groups excluding tert-OH is 1. The number of halogens is 1. The number of ether oxygens (including phenoxy) is 1. The minimum atomic E-state index is -0.431. The number of benzene rings is 2. The van der Waals surface area contributed by atoms with Crippen LogP contribution < -0.4 is 10.1 Å². The molecule has 0 aliphatic carbocycles. The van der Waals surface area contributed by atoms with Crippen LogP contribution in [0.25, 0.3) is 0 Å². The molecular weight excluding hydrogens is 308 g/mol. The van der Waals surface area contributed by atoms with Gasteiger partial charge in [-0.1, -0.05) is 11.6 Å². The highest BCUT2D eigenvalue weighted by molar-refractivity contribution is 6.30. The van der Waals surface area contributed by atoms with E-state index in [0.717, 1.165) is 5.69 Å². The van der Waals surface area contributed by atoms with Crippen molar-refractivity contribution in [3.63, 3.8) is 0 Å². The van der Waals surface area contributed by atoms with Crippen LogP contribution in [0.3, 0.4) is 0 Å². The quantitative estimate of drug-likeness (QED) is 0.604. The van der Waals surface area contributed by atoms with Gasteiger partial charge in [0, 0.05) is 23.3 Å². The number of anilines is 1. The molecule has 0 aromatic heterocycles. The molecule has 0 heterocycles. The molecule has 0 radical (unpaired) electrons. The first-order chi connectivity index (χ1) is 10.6. The molecule has 0 aliphatic heterocycles. The zero-order chi connectivity index (χ0) is 15.9. The van der Waals surface area contributed by atoms with Crippen molar-refractivity contribution in [1.82, 2.24) is 0 Å². The summed E-state index contributed by atoms with van der Waals surface area (Å²) in [5, 5.41) is 23.2. The van der Waals surface area contributed by atoms with E-state index in [9.17, 15) is 10.1 Å². The topological polar surface area (TPSA) is 84.6 Å². The van der Waals surface area contributed by atoms with Gasteiger partial charge in [-0.15, -0.1) is 0 Å². The fourth-order valence-electron chi connectivity index (χ4n) is 1.90. The standard InChI is InChI=1S/C15H15ClN2O4/c16-12-1-6-15(18(20)21)11(9-12)10-17-13-2-4-14(5-3-13)22-8-7-19/h1-6,9,17,19H,7-8,10H2. The molecule has 2 aromatic rings. The Bertz CT molecular complexity index is 646. The maximum Gasteiger partial charge on any atom is 0.274 e. The van der Waals surface area contributed by atoms with Crippen LogP contribution in [0.1, 0.15) is 5.56 Å². The number of aliphatic hydroxyl groups is 1. The lowest BCUT2D eigenvalue weighted by molar-refractivity contribution is -0.385. The summed E-state index contributed by atoms with van der Waals surface area (Å²) < 4.78 is 5.25. The lowest BCUT2D eigenvalue weighted by Gasteiger charge is -2.09. The van der Waals surface area contributed by atoms with E-state index in [2.05, 4.69) is 5.32 Å². The van der Waals surface area contributed by atoms with E-state index in [-0.39, 0.29) is 25.4 Å². The molecule has 0 atom stereocenters. The van der Waals surface area contributed by atoms with Gasteiger partial charge in [0.05, 0.1) is 17.1 Å². The van der Waals surface area contributed by atoms with Gasteiger partial charge < -0.3 is 15.2 Å². The highest BCUT2D eigenvalue weighted by Gasteiger charge is 2.13. The normalized spacial score (nSPS) is 10.3. The zero-order valence-electron chi connectivity index (χ0n) is 11.7. The van der Waals surface area contributed by atoms with Gasteiger partial charge in [-0.25, -0.2) is 0 Å². The third kappa shape index (κ3) is 4.34.